The van der Waals surface area contributed by atoms with Crippen molar-refractivity contribution < 1.29 is 9.21 Å². The summed E-state index contributed by atoms with van der Waals surface area (Å²) in [6.45, 7) is 0. The minimum absolute atomic E-state index is 0.120. The maximum atomic E-state index is 11.8. The van der Waals surface area contributed by atoms with Crippen molar-refractivity contribution in [2.24, 2.45) is 0 Å². The van der Waals surface area contributed by atoms with Crippen LogP contribution in [0.5, 0.6) is 0 Å². The van der Waals surface area contributed by atoms with Crippen LogP contribution in [0.15, 0.2) is 32.9 Å². The SMILES string of the molecule is O=C(c1ccoc1Br)c1sccc1Cl. The van der Waals surface area contributed by atoms with Gasteiger partial charge in [0, 0.05) is 0 Å². The van der Waals surface area contributed by atoms with E-state index in [2.05, 4.69) is 15.9 Å². The second-order valence-corrected chi connectivity index (χ2v) is 4.58. The summed E-state index contributed by atoms with van der Waals surface area (Å²) in [7, 11) is 0. The Kier molecular flexibility index (Phi) is 2.76. The molecule has 0 saturated heterocycles. The lowest BCUT2D eigenvalue weighted by Crippen LogP contribution is -1.97. The Labute approximate surface area is 97.6 Å². The predicted octanol–water partition coefficient (Wildman–Crippen LogP) is 3.99. The summed E-state index contributed by atoms with van der Waals surface area (Å²) >= 11 is 10.3. The molecule has 0 N–H and O–H groups in total. The van der Waals surface area contributed by atoms with E-state index in [9.17, 15) is 4.79 Å². The number of carbonyl (C=O) groups is 1. The van der Waals surface area contributed by atoms with E-state index in [1.54, 1.807) is 17.5 Å². The molecule has 0 aliphatic carbocycles. The Balaban J connectivity index is 2.44. The summed E-state index contributed by atoms with van der Waals surface area (Å²) in [6, 6.07) is 3.32. The van der Waals surface area contributed by atoms with E-state index in [1.165, 1.54) is 17.6 Å². The van der Waals surface area contributed by atoms with Gasteiger partial charge in [0.15, 0.2) is 4.67 Å². The highest BCUT2D eigenvalue weighted by Crippen LogP contribution is 2.28. The molecule has 0 bridgehead atoms. The fourth-order valence-electron chi connectivity index (χ4n) is 1.03. The Bertz CT molecular complexity index is 432. The van der Waals surface area contributed by atoms with Crippen LogP contribution in [0.3, 0.4) is 0 Å². The molecule has 0 atom stereocenters. The quantitative estimate of drug-likeness (QED) is 0.783. The van der Waals surface area contributed by atoms with Crippen LogP contribution in [-0.4, -0.2) is 5.78 Å². The number of hydrogen-bond acceptors (Lipinski definition) is 3. The van der Waals surface area contributed by atoms with Gasteiger partial charge in [-0.05, 0) is 33.4 Å². The van der Waals surface area contributed by atoms with Crippen LogP contribution in [-0.2, 0) is 0 Å². The second kappa shape index (κ2) is 3.88. The molecule has 0 amide bonds. The molecule has 0 radical (unpaired) electrons. The normalized spacial score (nSPS) is 10.4. The summed E-state index contributed by atoms with van der Waals surface area (Å²) in [5.74, 6) is -0.120. The lowest BCUT2D eigenvalue weighted by atomic mass is 10.2. The van der Waals surface area contributed by atoms with Crippen LogP contribution in [0.2, 0.25) is 5.02 Å². The standard InChI is InChI=1S/C9H4BrClO2S/c10-9-5(1-3-13-9)7(12)8-6(11)2-4-14-8/h1-4H. The minimum atomic E-state index is -0.120. The monoisotopic (exact) mass is 290 g/mol. The summed E-state index contributed by atoms with van der Waals surface area (Å²) in [6.07, 6.45) is 1.46. The number of rotatable bonds is 2. The Hall–Kier alpha value is -0.580. The molecule has 0 saturated carbocycles. The maximum absolute atomic E-state index is 11.8. The van der Waals surface area contributed by atoms with Gasteiger partial charge in [0.05, 0.1) is 21.7 Å². The van der Waals surface area contributed by atoms with Gasteiger partial charge in [-0.25, -0.2) is 0 Å². The van der Waals surface area contributed by atoms with E-state index in [1.807, 2.05) is 0 Å². The zero-order chi connectivity index (χ0) is 10.1. The third-order valence-corrected chi connectivity index (χ3v) is 3.64. The smallest absolute Gasteiger partial charge is 0.208 e. The van der Waals surface area contributed by atoms with E-state index in [4.69, 9.17) is 16.0 Å². The van der Waals surface area contributed by atoms with Gasteiger partial charge in [-0.15, -0.1) is 11.3 Å². The van der Waals surface area contributed by atoms with Gasteiger partial charge in [0.1, 0.15) is 0 Å². The van der Waals surface area contributed by atoms with Crippen molar-refractivity contribution in [2.45, 2.75) is 0 Å². The number of halogens is 2. The number of furan rings is 1. The zero-order valence-corrected chi connectivity index (χ0v) is 9.95. The summed E-state index contributed by atoms with van der Waals surface area (Å²) in [4.78, 5) is 12.4. The highest BCUT2D eigenvalue weighted by molar-refractivity contribution is 9.10. The van der Waals surface area contributed by atoms with Crippen LogP contribution in [0.4, 0.5) is 0 Å². The molecular weight excluding hydrogens is 288 g/mol. The van der Waals surface area contributed by atoms with E-state index in [0.717, 1.165) is 0 Å². The van der Waals surface area contributed by atoms with E-state index in [0.29, 0.717) is 20.1 Å². The zero-order valence-electron chi connectivity index (χ0n) is 6.79. The van der Waals surface area contributed by atoms with Crippen molar-refractivity contribution in [1.29, 1.82) is 0 Å². The summed E-state index contributed by atoms with van der Waals surface area (Å²) < 4.78 is 5.42. The van der Waals surface area contributed by atoms with Crippen LogP contribution in [0.1, 0.15) is 15.2 Å². The predicted molar refractivity (Wildman–Crippen MR) is 59.2 cm³/mol. The van der Waals surface area contributed by atoms with Crippen LogP contribution < -0.4 is 0 Å². The van der Waals surface area contributed by atoms with Gasteiger partial charge < -0.3 is 4.42 Å². The van der Waals surface area contributed by atoms with Gasteiger partial charge in [-0.2, -0.15) is 0 Å². The molecule has 2 rings (SSSR count). The molecule has 0 unspecified atom stereocenters. The van der Waals surface area contributed by atoms with Crippen LogP contribution in [0.25, 0.3) is 0 Å². The molecular formula is C9H4BrClO2S. The van der Waals surface area contributed by atoms with Crippen molar-refractivity contribution in [3.63, 3.8) is 0 Å². The van der Waals surface area contributed by atoms with E-state index < -0.39 is 0 Å². The molecule has 5 heteroatoms. The molecule has 72 valence electrons. The molecule has 2 nitrogen and oxygen atoms in total. The van der Waals surface area contributed by atoms with Crippen molar-refractivity contribution in [2.75, 3.05) is 0 Å². The molecule has 2 aromatic heterocycles. The maximum Gasteiger partial charge on any atom is 0.208 e. The van der Waals surface area contributed by atoms with Gasteiger partial charge in [-0.3, -0.25) is 4.79 Å². The first kappa shape index (κ1) is 9.96. The lowest BCUT2D eigenvalue weighted by molar-refractivity contribution is 0.104. The highest BCUT2D eigenvalue weighted by atomic mass is 79.9. The molecule has 2 heterocycles. The van der Waals surface area contributed by atoms with Crippen molar-refractivity contribution in [3.8, 4) is 0 Å². The molecule has 14 heavy (non-hydrogen) atoms. The molecule has 2 aromatic rings. The van der Waals surface area contributed by atoms with Gasteiger partial charge >= 0.3 is 0 Å². The first-order valence-corrected chi connectivity index (χ1v) is 5.76. The molecule has 0 aliphatic heterocycles. The Morgan fingerprint density at radius 3 is 2.79 bits per heavy atom. The first-order chi connectivity index (χ1) is 6.70. The Morgan fingerprint density at radius 1 is 1.50 bits per heavy atom. The average molecular weight is 292 g/mol. The fourth-order valence-corrected chi connectivity index (χ4v) is 2.55. The molecule has 0 fully saturated rings. The largest absolute Gasteiger partial charge is 0.457 e. The third kappa shape index (κ3) is 1.65. The topological polar surface area (TPSA) is 30.2 Å². The molecule has 0 aromatic carbocycles. The molecule has 0 aliphatic rings. The number of carbonyl (C=O) groups excluding carboxylic acids is 1. The van der Waals surface area contributed by atoms with Gasteiger partial charge in [0.2, 0.25) is 5.78 Å². The van der Waals surface area contributed by atoms with Gasteiger partial charge in [0.25, 0.3) is 0 Å². The van der Waals surface area contributed by atoms with E-state index >= 15 is 0 Å². The number of thiophene rings is 1. The average Bonchev–Trinajstić information content (AvgIpc) is 2.73. The lowest BCUT2D eigenvalue weighted by Gasteiger charge is -1.94. The van der Waals surface area contributed by atoms with Crippen LogP contribution >= 0.6 is 38.9 Å². The summed E-state index contributed by atoms with van der Waals surface area (Å²) in [5, 5.41) is 2.26. The third-order valence-electron chi connectivity index (χ3n) is 1.69. The first-order valence-electron chi connectivity index (χ1n) is 3.71. The van der Waals surface area contributed by atoms with Gasteiger partial charge in [-0.1, -0.05) is 11.6 Å². The molecule has 0 spiro atoms. The Morgan fingerprint density at radius 2 is 2.29 bits per heavy atom. The number of hydrogen-bond donors (Lipinski definition) is 0. The van der Waals surface area contributed by atoms with Crippen LogP contribution in [0, 0.1) is 0 Å². The van der Waals surface area contributed by atoms with Crippen molar-refractivity contribution in [1.82, 2.24) is 0 Å². The van der Waals surface area contributed by atoms with Crippen molar-refractivity contribution >= 4 is 44.7 Å². The fraction of sp³-hybridized carbons (Fsp3) is 0. The van der Waals surface area contributed by atoms with Crippen molar-refractivity contribution in [3.05, 3.63) is 43.9 Å². The minimum Gasteiger partial charge on any atom is -0.457 e. The number of ketones is 1. The second-order valence-electron chi connectivity index (χ2n) is 2.53. The van der Waals surface area contributed by atoms with E-state index in [-0.39, 0.29) is 5.78 Å². The highest BCUT2D eigenvalue weighted by Gasteiger charge is 2.18. The summed E-state index contributed by atoms with van der Waals surface area (Å²) in [5.41, 5.74) is 0.495.